The SMILES string of the molecule is CCCCC1(N(C)C)CCC(c2c(C)c3ccccc3n2C)(c2c(C)c3ccccc3n2C)CC1. The molecule has 0 unspecified atom stereocenters. The first-order valence-electron chi connectivity index (χ1n) is 13.5. The molecule has 3 heteroatoms. The van der Waals surface area contributed by atoms with E-state index in [1.54, 1.807) is 0 Å². The second kappa shape index (κ2) is 8.85. The van der Waals surface area contributed by atoms with Gasteiger partial charge < -0.3 is 14.0 Å². The third kappa shape index (κ3) is 3.49. The largest absolute Gasteiger partial charge is 0.346 e. The van der Waals surface area contributed by atoms with Gasteiger partial charge in [0.15, 0.2) is 0 Å². The normalized spacial score (nSPS) is 17.6. The molecule has 1 fully saturated rings. The van der Waals surface area contributed by atoms with Crippen LogP contribution in [0.3, 0.4) is 0 Å². The Morgan fingerprint density at radius 2 is 1.20 bits per heavy atom. The molecule has 0 aliphatic heterocycles. The van der Waals surface area contributed by atoms with Gasteiger partial charge in [0, 0.05) is 52.8 Å². The van der Waals surface area contributed by atoms with Crippen molar-refractivity contribution in [3.8, 4) is 0 Å². The van der Waals surface area contributed by atoms with Gasteiger partial charge in [0.05, 0.1) is 5.41 Å². The van der Waals surface area contributed by atoms with E-state index in [4.69, 9.17) is 0 Å². The van der Waals surface area contributed by atoms with Crippen molar-refractivity contribution in [1.29, 1.82) is 0 Å². The van der Waals surface area contributed by atoms with Gasteiger partial charge in [-0.25, -0.2) is 0 Å². The third-order valence-corrected chi connectivity index (χ3v) is 9.61. The molecule has 1 aliphatic carbocycles. The van der Waals surface area contributed by atoms with Gasteiger partial charge in [-0.15, -0.1) is 0 Å². The first-order chi connectivity index (χ1) is 16.8. The van der Waals surface area contributed by atoms with Crippen LogP contribution in [0.5, 0.6) is 0 Å². The second-order valence-corrected chi connectivity index (χ2v) is 11.4. The van der Waals surface area contributed by atoms with Crippen LogP contribution in [0.15, 0.2) is 48.5 Å². The highest BCUT2D eigenvalue weighted by molar-refractivity contribution is 5.88. The molecule has 2 aromatic heterocycles. The molecule has 0 N–H and O–H groups in total. The van der Waals surface area contributed by atoms with Crippen molar-refractivity contribution in [2.24, 2.45) is 14.1 Å². The summed E-state index contributed by atoms with van der Waals surface area (Å²) in [6.45, 7) is 7.05. The Morgan fingerprint density at radius 1 is 0.743 bits per heavy atom. The summed E-state index contributed by atoms with van der Waals surface area (Å²) < 4.78 is 5.05. The van der Waals surface area contributed by atoms with E-state index in [1.165, 1.54) is 89.3 Å². The summed E-state index contributed by atoms with van der Waals surface area (Å²) in [4.78, 5) is 2.55. The molecule has 4 aromatic rings. The molecule has 1 aliphatic rings. The van der Waals surface area contributed by atoms with E-state index in [9.17, 15) is 0 Å². The lowest BCUT2D eigenvalue weighted by Gasteiger charge is -2.51. The molecule has 2 aromatic carbocycles. The van der Waals surface area contributed by atoms with Crippen molar-refractivity contribution in [2.75, 3.05) is 14.1 Å². The Bertz CT molecular complexity index is 1190. The highest BCUT2D eigenvalue weighted by Crippen LogP contribution is 2.53. The molecular formula is C32H43N3. The number of hydrogen-bond acceptors (Lipinski definition) is 1. The molecule has 35 heavy (non-hydrogen) atoms. The van der Waals surface area contributed by atoms with Crippen molar-refractivity contribution >= 4 is 21.8 Å². The van der Waals surface area contributed by atoms with Crippen LogP contribution in [0.25, 0.3) is 21.8 Å². The lowest BCUT2D eigenvalue weighted by molar-refractivity contribution is 0.0630. The van der Waals surface area contributed by atoms with Gasteiger partial charge in [-0.1, -0.05) is 56.2 Å². The van der Waals surface area contributed by atoms with Crippen LogP contribution in [0.1, 0.15) is 74.4 Å². The van der Waals surface area contributed by atoms with Crippen LogP contribution in [-0.2, 0) is 19.5 Å². The van der Waals surface area contributed by atoms with Gasteiger partial charge in [0.2, 0.25) is 0 Å². The summed E-state index contributed by atoms with van der Waals surface area (Å²) >= 11 is 0. The van der Waals surface area contributed by atoms with Gasteiger partial charge in [0.1, 0.15) is 0 Å². The molecule has 1 saturated carbocycles. The zero-order chi connectivity index (χ0) is 25.0. The number of nitrogens with zero attached hydrogens (tertiary/aromatic N) is 3. The quantitative estimate of drug-likeness (QED) is 0.283. The average molecular weight is 470 g/mol. The van der Waals surface area contributed by atoms with E-state index in [0.29, 0.717) is 5.54 Å². The molecule has 2 heterocycles. The maximum Gasteiger partial charge on any atom is 0.0515 e. The topological polar surface area (TPSA) is 13.1 Å². The summed E-state index contributed by atoms with van der Waals surface area (Å²) in [6.07, 6.45) is 8.73. The zero-order valence-electron chi connectivity index (χ0n) is 22.9. The fourth-order valence-corrected chi connectivity index (χ4v) is 7.68. The standard InChI is InChI=1S/C32H43N3/c1-8-9-18-31(33(4)5)19-21-32(22-20-31,29-23(2)25-14-10-12-16-27(25)34(29)6)30-24(3)26-15-11-13-17-28(26)35(30)7/h10-17H,8-9,18-22H2,1-7H3. The first-order valence-corrected chi connectivity index (χ1v) is 13.5. The molecule has 0 spiro atoms. The number of unbranched alkanes of at least 4 members (excludes halogenated alkanes) is 1. The van der Waals surface area contributed by atoms with Crippen molar-refractivity contribution in [1.82, 2.24) is 14.0 Å². The minimum atomic E-state index is 0.00142. The van der Waals surface area contributed by atoms with Crippen LogP contribution in [0.2, 0.25) is 0 Å². The van der Waals surface area contributed by atoms with E-state index in [1.807, 2.05) is 0 Å². The van der Waals surface area contributed by atoms with E-state index in [-0.39, 0.29) is 5.41 Å². The molecule has 0 atom stereocenters. The van der Waals surface area contributed by atoms with Gasteiger partial charge in [-0.05, 0) is 83.3 Å². The molecule has 0 bridgehead atoms. The van der Waals surface area contributed by atoms with Crippen molar-refractivity contribution < 1.29 is 0 Å². The summed E-state index contributed by atoms with van der Waals surface area (Å²) in [7, 11) is 9.23. The van der Waals surface area contributed by atoms with Gasteiger partial charge >= 0.3 is 0 Å². The van der Waals surface area contributed by atoms with E-state index in [2.05, 4.69) is 112 Å². The van der Waals surface area contributed by atoms with Crippen LogP contribution in [0.4, 0.5) is 0 Å². The smallest absolute Gasteiger partial charge is 0.0515 e. The molecule has 3 nitrogen and oxygen atoms in total. The van der Waals surface area contributed by atoms with Gasteiger partial charge in [-0.2, -0.15) is 0 Å². The monoisotopic (exact) mass is 469 g/mol. The van der Waals surface area contributed by atoms with E-state index >= 15 is 0 Å². The Hall–Kier alpha value is -2.52. The van der Waals surface area contributed by atoms with Crippen LogP contribution in [0, 0.1) is 13.8 Å². The lowest BCUT2D eigenvalue weighted by atomic mass is 9.61. The molecular weight excluding hydrogens is 426 g/mol. The fraction of sp³-hybridized carbons (Fsp3) is 0.500. The molecule has 186 valence electrons. The van der Waals surface area contributed by atoms with Gasteiger partial charge in [-0.3, -0.25) is 0 Å². The maximum atomic E-state index is 2.55. The highest BCUT2D eigenvalue weighted by atomic mass is 15.1. The van der Waals surface area contributed by atoms with Crippen LogP contribution < -0.4 is 0 Å². The summed E-state index contributed by atoms with van der Waals surface area (Å²) in [5.41, 5.74) is 8.97. The Labute approximate surface area is 211 Å². The average Bonchev–Trinajstić information content (AvgIpc) is 3.28. The molecule has 0 radical (unpaired) electrons. The number of fused-ring (bicyclic) bond motifs is 2. The second-order valence-electron chi connectivity index (χ2n) is 11.4. The highest BCUT2D eigenvalue weighted by Gasteiger charge is 2.49. The fourth-order valence-electron chi connectivity index (χ4n) is 7.68. The zero-order valence-corrected chi connectivity index (χ0v) is 22.9. The molecule has 0 amide bonds. The number of hydrogen-bond donors (Lipinski definition) is 0. The maximum absolute atomic E-state index is 2.55. The summed E-state index contributed by atoms with van der Waals surface area (Å²) in [6, 6.07) is 18.0. The van der Waals surface area contributed by atoms with Crippen molar-refractivity contribution in [3.63, 3.8) is 0 Å². The minimum absolute atomic E-state index is 0.00142. The number of rotatable bonds is 6. The third-order valence-electron chi connectivity index (χ3n) is 9.61. The number of aromatic nitrogens is 2. The number of aryl methyl sites for hydroxylation is 4. The summed E-state index contributed by atoms with van der Waals surface area (Å²) in [5.74, 6) is 0. The molecule has 5 rings (SSSR count). The predicted molar refractivity (Wildman–Crippen MR) is 151 cm³/mol. The van der Waals surface area contributed by atoms with Crippen molar-refractivity contribution in [2.45, 2.75) is 76.7 Å². The number of para-hydroxylation sites is 2. The van der Waals surface area contributed by atoms with E-state index in [0.717, 1.165) is 0 Å². The summed E-state index contributed by atoms with van der Waals surface area (Å²) in [5, 5.41) is 2.80. The van der Waals surface area contributed by atoms with Crippen LogP contribution in [-0.4, -0.2) is 33.7 Å². The Kier molecular flexibility index (Phi) is 6.12. The minimum Gasteiger partial charge on any atom is -0.346 e. The molecule has 0 saturated heterocycles. The van der Waals surface area contributed by atoms with E-state index < -0.39 is 0 Å². The van der Waals surface area contributed by atoms with Crippen molar-refractivity contribution in [3.05, 3.63) is 71.0 Å². The van der Waals surface area contributed by atoms with Crippen LogP contribution >= 0.6 is 0 Å². The number of benzene rings is 2. The first kappa shape index (κ1) is 24.2. The Balaban J connectivity index is 1.76. The lowest BCUT2D eigenvalue weighted by Crippen LogP contribution is -2.51. The Morgan fingerprint density at radius 3 is 1.60 bits per heavy atom. The predicted octanol–water partition coefficient (Wildman–Crippen LogP) is 7.64. The van der Waals surface area contributed by atoms with Gasteiger partial charge in [0.25, 0.3) is 0 Å².